The maximum atomic E-state index is 11.7. The minimum Gasteiger partial charge on any atom is -0.466 e. The van der Waals surface area contributed by atoms with Gasteiger partial charge >= 0.3 is 5.97 Å². The van der Waals surface area contributed by atoms with E-state index in [2.05, 4.69) is 13.8 Å². The molecule has 0 radical (unpaired) electrons. The van der Waals surface area contributed by atoms with Gasteiger partial charge in [-0.1, -0.05) is 33.3 Å². The van der Waals surface area contributed by atoms with Crippen LogP contribution < -0.4 is 0 Å². The summed E-state index contributed by atoms with van der Waals surface area (Å²) in [7, 11) is 0. The van der Waals surface area contributed by atoms with E-state index in [9.17, 15) is 19.8 Å². The van der Waals surface area contributed by atoms with Crippen molar-refractivity contribution < 1.29 is 24.5 Å². The Bertz CT molecular complexity index is 571. The first-order valence-electron chi connectivity index (χ1n) is 10.3. The van der Waals surface area contributed by atoms with Gasteiger partial charge in [0.1, 0.15) is 6.29 Å². The second-order valence-corrected chi connectivity index (χ2v) is 9.10. The second kappa shape index (κ2) is 8.87. The average molecular weight is 381 g/mol. The highest BCUT2D eigenvalue weighted by molar-refractivity contribution is 5.76. The third-order valence-corrected chi connectivity index (χ3v) is 7.51. The molecule has 1 saturated carbocycles. The fourth-order valence-electron chi connectivity index (χ4n) is 5.59. The molecule has 0 aromatic heterocycles. The lowest BCUT2D eigenvalue weighted by Crippen LogP contribution is -2.58. The Kier molecular flexibility index (Phi) is 7.26. The number of allylic oxidation sites excluding steroid dienone is 1. The van der Waals surface area contributed by atoms with Crippen LogP contribution in [0.25, 0.3) is 0 Å². The lowest BCUT2D eigenvalue weighted by molar-refractivity contribution is -0.161. The fraction of sp³-hybridized carbons (Fsp3) is 0.818. The van der Waals surface area contributed by atoms with E-state index in [1.807, 2.05) is 13.0 Å². The van der Waals surface area contributed by atoms with Gasteiger partial charge in [0.15, 0.2) is 0 Å². The number of aldehydes is 1. The van der Waals surface area contributed by atoms with Crippen LogP contribution in [-0.2, 0) is 14.3 Å². The zero-order chi connectivity index (χ0) is 20.2. The normalized spacial score (nSPS) is 37.1. The first-order valence-corrected chi connectivity index (χ1v) is 10.3. The molecule has 6 unspecified atom stereocenters. The van der Waals surface area contributed by atoms with Gasteiger partial charge in [0, 0.05) is 24.9 Å². The van der Waals surface area contributed by atoms with Crippen molar-refractivity contribution >= 4 is 12.3 Å². The summed E-state index contributed by atoms with van der Waals surface area (Å²) >= 11 is 0. The van der Waals surface area contributed by atoms with Crippen LogP contribution >= 0.6 is 0 Å². The summed E-state index contributed by atoms with van der Waals surface area (Å²) in [6, 6.07) is 0. The predicted octanol–water partition coefficient (Wildman–Crippen LogP) is 3.28. The number of rotatable bonds is 8. The lowest BCUT2D eigenvalue weighted by Gasteiger charge is -2.60. The molecule has 2 aliphatic rings. The van der Waals surface area contributed by atoms with Gasteiger partial charge in [-0.25, -0.2) is 0 Å². The Balaban J connectivity index is 2.35. The Labute approximate surface area is 163 Å². The van der Waals surface area contributed by atoms with E-state index in [-0.39, 0.29) is 29.8 Å². The quantitative estimate of drug-likeness (QED) is 0.499. The highest BCUT2D eigenvalue weighted by atomic mass is 16.5. The van der Waals surface area contributed by atoms with Crippen LogP contribution in [-0.4, -0.2) is 41.8 Å². The van der Waals surface area contributed by atoms with Crippen molar-refractivity contribution in [3.8, 4) is 0 Å². The number of carbonyl (C=O) groups excluding carboxylic acids is 2. The molecule has 2 N–H and O–H groups in total. The Morgan fingerprint density at radius 2 is 2.11 bits per heavy atom. The highest BCUT2D eigenvalue weighted by Crippen LogP contribution is 2.61. The van der Waals surface area contributed by atoms with Gasteiger partial charge in [-0.05, 0) is 54.9 Å². The van der Waals surface area contributed by atoms with Crippen LogP contribution in [0.3, 0.4) is 0 Å². The molecule has 0 saturated heterocycles. The number of ether oxygens (including phenoxy) is 1. The minimum absolute atomic E-state index is 0.0572. The number of carbonyl (C=O) groups is 2. The van der Waals surface area contributed by atoms with Crippen LogP contribution in [0.2, 0.25) is 0 Å². The molecule has 154 valence electrons. The Hall–Kier alpha value is -1.20. The van der Waals surface area contributed by atoms with Crippen molar-refractivity contribution in [2.75, 3.05) is 13.2 Å². The van der Waals surface area contributed by atoms with Crippen molar-refractivity contribution in [2.24, 2.45) is 28.6 Å². The molecule has 6 atom stereocenters. The molecule has 0 amide bonds. The molecular weight excluding hydrogens is 344 g/mol. The Morgan fingerprint density at radius 3 is 2.70 bits per heavy atom. The summed E-state index contributed by atoms with van der Waals surface area (Å²) in [5.41, 5.74) is 0.0176. The molecule has 2 aliphatic carbocycles. The van der Waals surface area contributed by atoms with E-state index in [4.69, 9.17) is 4.74 Å². The maximum absolute atomic E-state index is 11.7. The summed E-state index contributed by atoms with van der Waals surface area (Å²) in [6.07, 6.45) is 7.23. The number of esters is 1. The molecule has 0 aromatic carbocycles. The van der Waals surface area contributed by atoms with Crippen molar-refractivity contribution in [2.45, 2.75) is 72.3 Å². The molecule has 0 spiro atoms. The van der Waals surface area contributed by atoms with Gasteiger partial charge in [-0.15, -0.1) is 0 Å². The number of aliphatic hydroxyl groups is 2. The molecule has 5 nitrogen and oxygen atoms in total. The molecule has 0 heterocycles. The van der Waals surface area contributed by atoms with Crippen LogP contribution in [0.4, 0.5) is 0 Å². The molecule has 0 aliphatic heterocycles. The minimum atomic E-state index is -0.622. The predicted molar refractivity (Wildman–Crippen MR) is 104 cm³/mol. The third kappa shape index (κ3) is 4.29. The molecule has 2 rings (SSSR count). The zero-order valence-corrected chi connectivity index (χ0v) is 17.2. The summed E-state index contributed by atoms with van der Waals surface area (Å²) in [5.74, 6) is 0.317. The summed E-state index contributed by atoms with van der Waals surface area (Å²) in [5, 5.41) is 20.2. The molecule has 1 fully saturated rings. The summed E-state index contributed by atoms with van der Waals surface area (Å²) in [6.45, 7) is 8.33. The summed E-state index contributed by atoms with van der Waals surface area (Å²) < 4.78 is 5.37. The molecule has 5 heteroatoms. The van der Waals surface area contributed by atoms with E-state index in [0.29, 0.717) is 24.5 Å². The van der Waals surface area contributed by atoms with Gasteiger partial charge in [0.25, 0.3) is 0 Å². The van der Waals surface area contributed by atoms with Crippen molar-refractivity contribution in [1.82, 2.24) is 0 Å². The fourth-order valence-corrected chi connectivity index (χ4v) is 5.59. The van der Waals surface area contributed by atoms with Gasteiger partial charge in [0.2, 0.25) is 0 Å². The van der Waals surface area contributed by atoms with Gasteiger partial charge in [-0.2, -0.15) is 0 Å². The highest BCUT2D eigenvalue weighted by Gasteiger charge is 2.59. The first kappa shape index (κ1) is 22.1. The van der Waals surface area contributed by atoms with Crippen molar-refractivity contribution in [3.05, 3.63) is 11.6 Å². The standard InChI is InChI=1S/C22H36O5/c1-15(9-11-23)8-10-21(3)18(14-27-16(2)25)12-20(26)22(4)17(13-24)6-5-7-19(21)22/h6,13,15,18-20,23,26H,5,7-12,14H2,1-4H3. The molecular formula is C22H36O5. The summed E-state index contributed by atoms with van der Waals surface area (Å²) in [4.78, 5) is 23.2. The van der Waals surface area contributed by atoms with Gasteiger partial charge < -0.3 is 14.9 Å². The van der Waals surface area contributed by atoms with Gasteiger partial charge in [0.05, 0.1) is 12.7 Å². The number of fused-ring (bicyclic) bond motifs is 1. The number of hydrogen-bond donors (Lipinski definition) is 2. The molecule has 27 heavy (non-hydrogen) atoms. The van der Waals surface area contributed by atoms with Crippen LogP contribution in [0.5, 0.6) is 0 Å². The van der Waals surface area contributed by atoms with Crippen LogP contribution in [0, 0.1) is 28.6 Å². The van der Waals surface area contributed by atoms with Crippen LogP contribution in [0.15, 0.2) is 11.6 Å². The Morgan fingerprint density at radius 1 is 1.41 bits per heavy atom. The SMILES string of the molecule is CC(=O)OCC1CC(O)C2(C)C(C=O)=CCCC2C1(C)CCC(C)CCO. The van der Waals surface area contributed by atoms with Crippen molar-refractivity contribution in [1.29, 1.82) is 0 Å². The maximum Gasteiger partial charge on any atom is 0.302 e. The first-order chi connectivity index (χ1) is 12.7. The van der Waals surface area contributed by atoms with Gasteiger partial charge in [-0.3, -0.25) is 9.59 Å². The largest absolute Gasteiger partial charge is 0.466 e. The topological polar surface area (TPSA) is 83.8 Å². The average Bonchev–Trinajstić information content (AvgIpc) is 2.62. The van der Waals surface area contributed by atoms with E-state index < -0.39 is 11.5 Å². The number of hydrogen-bond acceptors (Lipinski definition) is 5. The smallest absolute Gasteiger partial charge is 0.302 e. The van der Waals surface area contributed by atoms with E-state index >= 15 is 0 Å². The zero-order valence-electron chi connectivity index (χ0n) is 17.2. The van der Waals surface area contributed by atoms with E-state index in [1.165, 1.54) is 6.92 Å². The number of aliphatic hydroxyl groups excluding tert-OH is 2. The van der Waals surface area contributed by atoms with E-state index in [1.54, 1.807) is 0 Å². The lowest BCUT2D eigenvalue weighted by atomic mass is 9.45. The second-order valence-electron chi connectivity index (χ2n) is 9.10. The third-order valence-electron chi connectivity index (χ3n) is 7.51. The molecule has 0 bridgehead atoms. The molecule has 0 aromatic rings. The monoisotopic (exact) mass is 380 g/mol. The van der Waals surface area contributed by atoms with Crippen LogP contribution in [0.1, 0.15) is 66.2 Å². The van der Waals surface area contributed by atoms with E-state index in [0.717, 1.165) is 38.4 Å². The van der Waals surface area contributed by atoms with Crippen molar-refractivity contribution in [3.63, 3.8) is 0 Å².